The summed E-state index contributed by atoms with van der Waals surface area (Å²) in [4.78, 5) is 12.3. The summed E-state index contributed by atoms with van der Waals surface area (Å²) in [6, 6.07) is 17.7. The predicted octanol–water partition coefficient (Wildman–Crippen LogP) is 3.46. The van der Waals surface area contributed by atoms with Crippen LogP contribution in [0.3, 0.4) is 0 Å². The van der Waals surface area contributed by atoms with Gasteiger partial charge in [0.2, 0.25) is 0 Å². The van der Waals surface area contributed by atoms with Gasteiger partial charge in [-0.1, -0.05) is 30.3 Å². The lowest BCUT2D eigenvalue weighted by atomic mass is 10.1. The molecule has 4 nitrogen and oxygen atoms in total. The molecule has 23 heavy (non-hydrogen) atoms. The Kier molecular flexibility index (Phi) is 4.33. The molecule has 0 aliphatic rings. The molecule has 0 bridgehead atoms. The Morgan fingerprint density at radius 3 is 2.39 bits per heavy atom. The van der Waals surface area contributed by atoms with Crippen molar-refractivity contribution in [2.24, 2.45) is 0 Å². The standard InChI is InChI=1S/C19H20N2O2/c1-3-23-17-11-9-15(10-12-17)13-18-14(2)21(20-19(18)22)16-7-5-4-6-8-16/h4-12H,3,13H2,1-2H3,(H,20,22). The van der Waals surface area contributed by atoms with E-state index in [1.54, 1.807) is 0 Å². The predicted molar refractivity (Wildman–Crippen MR) is 91.5 cm³/mol. The van der Waals surface area contributed by atoms with Gasteiger partial charge in [0.1, 0.15) is 5.75 Å². The van der Waals surface area contributed by atoms with Crippen LogP contribution in [0, 0.1) is 6.92 Å². The molecule has 118 valence electrons. The van der Waals surface area contributed by atoms with Crippen molar-refractivity contribution in [1.82, 2.24) is 9.78 Å². The van der Waals surface area contributed by atoms with Crippen LogP contribution in [0.2, 0.25) is 0 Å². The minimum Gasteiger partial charge on any atom is -0.494 e. The summed E-state index contributed by atoms with van der Waals surface area (Å²) in [6.07, 6.45) is 0.605. The van der Waals surface area contributed by atoms with Crippen molar-refractivity contribution in [2.45, 2.75) is 20.3 Å². The number of benzene rings is 2. The monoisotopic (exact) mass is 308 g/mol. The third kappa shape index (κ3) is 3.21. The summed E-state index contributed by atoms with van der Waals surface area (Å²) in [6.45, 7) is 4.58. The fraction of sp³-hybridized carbons (Fsp3) is 0.211. The fourth-order valence-electron chi connectivity index (χ4n) is 2.67. The van der Waals surface area contributed by atoms with Crippen molar-refractivity contribution < 1.29 is 4.74 Å². The van der Waals surface area contributed by atoms with Crippen LogP contribution in [0.25, 0.3) is 5.69 Å². The molecule has 0 aliphatic carbocycles. The first-order chi connectivity index (χ1) is 11.2. The van der Waals surface area contributed by atoms with Crippen molar-refractivity contribution in [3.05, 3.63) is 81.8 Å². The van der Waals surface area contributed by atoms with Crippen molar-refractivity contribution in [3.63, 3.8) is 0 Å². The van der Waals surface area contributed by atoms with Gasteiger partial charge >= 0.3 is 0 Å². The van der Waals surface area contributed by atoms with Gasteiger partial charge in [-0.2, -0.15) is 0 Å². The van der Waals surface area contributed by atoms with E-state index in [-0.39, 0.29) is 5.56 Å². The zero-order valence-corrected chi connectivity index (χ0v) is 13.4. The number of para-hydroxylation sites is 1. The van der Waals surface area contributed by atoms with Gasteiger partial charge in [0.15, 0.2) is 0 Å². The van der Waals surface area contributed by atoms with E-state index in [0.29, 0.717) is 13.0 Å². The second kappa shape index (κ2) is 6.57. The Morgan fingerprint density at radius 1 is 1.04 bits per heavy atom. The number of H-pyrrole nitrogens is 1. The quantitative estimate of drug-likeness (QED) is 0.784. The number of ether oxygens (including phenoxy) is 1. The smallest absolute Gasteiger partial charge is 0.268 e. The number of rotatable bonds is 5. The first-order valence-corrected chi connectivity index (χ1v) is 7.76. The normalized spacial score (nSPS) is 10.7. The largest absolute Gasteiger partial charge is 0.494 e. The van der Waals surface area contributed by atoms with Crippen LogP contribution < -0.4 is 10.3 Å². The molecule has 1 heterocycles. The molecule has 4 heteroatoms. The van der Waals surface area contributed by atoms with Gasteiger partial charge in [-0.25, -0.2) is 0 Å². The molecular formula is C19H20N2O2. The number of aromatic amines is 1. The Morgan fingerprint density at radius 2 is 1.74 bits per heavy atom. The Balaban J connectivity index is 1.89. The molecule has 1 aromatic heterocycles. The summed E-state index contributed by atoms with van der Waals surface area (Å²) in [5, 5.41) is 2.92. The third-order valence-corrected chi connectivity index (χ3v) is 3.89. The molecule has 0 fully saturated rings. The molecular weight excluding hydrogens is 288 g/mol. The van der Waals surface area contributed by atoms with Crippen LogP contribution in [0.15, 0.2) is 59.4 Å². The number of aromatic nitrogens is 2. The maximum atomic E-state index is 12.3. The zero-order chi connectivity index (χ0) is 16.2. The SMILES string of the molecule is CCOc1ccc(Cc2c(C)n(-c3ccccc3)[nH]c2=O)cc1. The van der Waals surface area contributed by atoms with Crippen molar-refractivity contribution in [1.29, 1.82) is 0 Å². The lowest BCUT2D eigenvalue weighted by Gasteiger charge is -2.07. The van der Waals surface area contributed by atoms with Crippen LogP contribution in [0.1, 0.15) is 23.7 Å². The summed E-state index contributed by atoms with van der Waals surface area (Å²) in [7, 11) is 0. The van der Waals surface area contributed by atoms with Crippen molar-refractivity contribution >= 4 is 0 Å². The minimum atomic E-state index is -0.0414. The highest BCUT2D eigenvalue weighted by Crippen LogP contribution is 2.17. The number of hydrogen-bond acceptors (Lipinski definition) is 2. The molecule has 0 saturated carbocycles. The van der Waals surface area contributed by atoms with Crippen molar-refractivity contribution in [2.75, 3.05) is 6.61 Å². The average Bonchev–Trinajstić information content (AvgIpc) is 2.86. The summed E-state index contributed by atoms with van der Waals surface area (Å²) >= 11 is 0. The van der Waals surface area contributed by atoms with Gasteiger partial charge in [-0.15, -0.1) is 0 Å². The first kappa shape index (κ1) is 15.2. The highest BCUT2D eigenvalue weighted by Gasteiger charge is 2.12. The lowest BCUT2D eigenvalue weighted by molar-refractivity contribution is 0.340. The minimum absolute atomic E-state index is 0.0414. The van der Waals surface area contributed by atoms with E-state index < -0.39 is 0 Å². The van der Waals surface area contributed by atoms with Gasteiger partial charge in [0, 0.05) is 17.7 Å². The molecule has 0 atom stereocenters. The van der Waals surface area contributed by atoms with Gasteiger partial charge in [-0.05, 0) is 43.7 Å². The highest BCUT2D eigenvalue weighted by atomic mass is 16.5. The second-order valence-electron chi connectivity index (χ2n) is 5.43. The number of nitrogens with one attached hydrogen (secondary N) is 1. The number of nitrogens with zero attached hydrogens (tertiary/aromatic N) is 1. The van der Waals surface area contributed by atoms with E-state index in [1.807, 2.05) is 73.1 Å². The van der Waals surface area contributed by atoms with Crippen molar-refractivity contribution in [3.8, 4) is 11.4 Å². The van der Waals surface area contributed by atoms with E-state index >= 15 is 0 Å². The van der Waals surface area contributed by atoms with Gasteiger partial charge in [0.25, 0.3) is 5.56 Å². The molecule has 0 saturated heterocycles. The molecule has 0 radical (unpaired) electrons. The van der Waals surface area contributed by atoms with E-state index in [0.717, 1.165) is 28.3 Å². The van der Waals surface area contributed by atoms with Gasteiger partial charge in [-0.3, -0.25) is 14.6 Å². The number of hydrogen-bond donors (Lipinski definition) is 1. The van der Waals surface area contributed by atoms with Gasteiger partial charge in [0.05, 0.1) is 12.3 Å². The van der Waals surface area contributed by atoms with Crippen LogP contribution >= 0.6 is 0 Å². The van der Waals surface area contributed by atoms with Crippen LogP contribution in [-0.4, -0.2) is 16.4 Å². The second-order valence-corrected chi connectivity index (χ2v) is 5.43. The lowest BCUT2D eigenvalue weighted by Crippen LogP contribution is -2.07. The van der Waals surface area contributed by atoms with Crippen LogP contribution in [-0.2, 0) is 6.42 Å². The maximum absolute atomic E-state index is 12.3. The molecule has 3 rings (SSSR count). The van der Waals surface area contributed by atoms with E-state index in [9.17, 15) is 4.79 Å². The van der Waals surface area contributed by atoms with Gasteiger partial charge < -0.3 is 4.74 Å². The van der Waals surface area contributed by atoms with E-state index in [2.05, 4.69) is 5.10 Å². The molecule has 1 N–H and O–H groups in total. The molecule has 0 amide bonds. The summed E-state index contributed by atoms with van der Waals surface area (Å²) in [5.74, 6) is 0.851. The fourth-order valence-corrected chi connectivity index (χ4v) is 2.67. The summed E-state index contributed by atoms with van der Waals surface area (Å²) < 4.78 is 7.29. The average molecular weight is 308 g/mol. The summed E-state index contributed by atoms with van der Waals surface area (Å²) in [5.41, 5.74) is 3.74. The molecule has 0 spiro atoms. The zero-order valence-electron chi connectivity index (χ0n) is 13.4. The highest BCUT2D eigenvalue weighted by molar-refractivity contribution is 5.37. The maximum Gasteiger partial charge on any atom is 0.268 e. The van der Waals surface area contributed by atoms with Crippen LogP contribution in [0.5, 0.6) is 5.75 Å². The molecule has 2 aromatic carbocycles. The van der Waals surface area contributed by atoms with E-state index in [4.69, 9.17) is 4.74 Å². The first-order valence-electron chi connectivity index (χ1n) is 7.76. The topological polar surface area (TPSA) is 47.0 Å². The Labute approximate surface area is 135 Å². The third-order valence-electron chi connectivity index (χ3n) is 3.89. The molecule has 3 aromatic rings. The Hall–Kier alpha value is -2.75. The van der Waals surface area contributed by atoms with E-state index in [1.165, 1.54) is 0 Å². The molecule has 0 aliphatic heterocycles. The Bertz CT molecular complexity index is 830. The van der Waals surface area contributed by atoms with Crippen LogP contribution in [0.4, 0.5) is 0 Å². The molecule has 0 unspecified atom stereocenters.